The Kier molecular flexibility index (Phi) is 11.9. The van der Waals surface area contributed by atoms with Gasteiger partial charge in [-0.15, -0.1) is 0 Å². The largest absolute Gasteiger partial charge is 0.481 e. The molecule has 2 fully saturated rings. The maximum atomic E-state index is 12.8. The molecule has 0 aliphatic carbocycles. The third-order valence-electron chi connectivity index (χ3n) is 6.64. The first-order valence-corrected chi connectivity index (χ1v) is 14.3. The van der Waals surface area contributed by atoms with Crippen LogP contribution in [0.2, 0.25) is 0 Å². The van der Waals surface area contributed by atoms with Crippen molar-refractivity contribution in [1.82, 2.24) is 9.80 Å². The van der Waals surface area contributed by atoms with Crippen molar-refractivity contribution in [1.29, 1.82) is 0 Å². The van der Waals surface area contributed by atoms with Gasteiger partial charge in [0.2, 0.25) is 0 Å². The molecule has 238 valence electrons. The quantitative estimate of drug-likeness (QED) is 0.297. The number of nitrogens with zero attached hydrogens (tertiary/aromatic N) is 2. The zero-order valence-corrected chi connectivity index (χ0v) is 26.1. The average molecular weight is 605 g/mol. The van der Waals surface area contributed by atoms with E-state index in [-0.39, 0.29) is 63.6 Å². The molecule has 1 N–H and O–H groups in total. The smallest absolute Gasteiger partial charge is 0.410 e. The van der Waals surface area contributed by atoms with Crippen LogP contribution < -0.4 is 0 Å². The third kappa shape index (κ3) is 10.4. The minimum Gasteiger partial charge on any atom is -0.481 e. The van der Waals surface area contributed by atoms with Crippen LogP contribution in [0.4, 0.5) is 9.59 Å². The molecule has 0 radical (unpaired) electrons. The number of carbonyl (C=O) groups is 6. The molecular formula is C31H44N2O10. The van der Waals surface area contributed by atoms with Gasteiger partial charge in [-0.05, 0) is 60.5 Å². The summed E-state index contributed by atoms with van der Waals surface area (Å²) in [4.78, 5) is 74.6. The van der Waals surface area contributed by atoms with Gasteiger partial charge in [-0.2, -0.15) is 0 Å². The Morgan fingerprint density at radius 3 is 1.93 bits per heavy atom. The zero-order chi connectivity index (χ0) is 32.6. The number of rotatable bonds is 5. The van der Waals surface area contributed by atoms with Crippen molar-refractivity contribution in [2.75, 3.05) is 32.8 Å². The van der Waals surface area contributed by atoms with Crippen LogP contribution in [0.5, 0.6) is 0 Å². The lowest BCUT2D eigenvalue weighted by Crippen LogP contribution is -2.57. The summed E-state index contributed by atoms with van der Waals surface area (Å²) in [5.41, 5.74) is -1.83. The van der Waals surface area contributed by atoms with E-state index in [2.05, 4.69) is 0 Å². The van der Waals surface area contributed by atoms with Crippen LogP contribution in [0.3, 0.4) is 0 Å². The molecule has 43 heavy (non-hydrogen) atoms. The Balaban J connectivity index is 0.000000329. The molecule has 0 bridgehead atoms. The monoisotopic (exact) mass is 604 g/mol. The topological polar surface area (TPSA) is 157 Å². The molecule has 2 amide bonds. The third-order valence-corrected chi connectivity index (χ3v) is 6.64. The molecule has 12 heteroatoms. The fourth-order valence-electron chi connectivity index (χ4n) is 4.61. The fraction of sp³-hybridized carbons (Fsp3) is 0.613. The molecule has 2 unspecified atom stereocenters. The summed E-state index contributed by atoms with van der Waals surface area (Å²) in [6.45, 7) is 12.7. The zero-order valence-electron chi connectivity index (χ0n) is 26.1. The molecule has 0 saturated carbocycles. The second kappa shape index (κ2) is 14.5. The van der Waals surface area contributed by atoms with E-state index in [0.717, 1.165) is 5.56 Å². The van der Waals surface area contributed by atoms with Gasteiger partial charge in [-0.25, -0.2) is 9.59 Å². The minimum atomic E-state index is -1.40. The van der Waals surface area contributed by atoms with E-state index in [1.54, 1.807) is 48.5 Å². The molecule has 2 saturated heterocycles. The number of piperidine rings is 2. The van der Waals surface area contributed by atoms with E-state index in [9.17, 15) is 28.8 Å². The normalized spacial score (nSPS) is 20.9. The van der Waals surface area contributed by atoms with Crippen molar-refractivity contribution in [3.05, 3.63) is 35.9 Å². The number of amides is 2. The van der Waals surface area contributed by atoms with Gasteiger partial charge in [-0.1, -0.05) is 30.3 Å². The molecule has 2 aliphatic heterocycles. The lowest BCUT2D eigenvalue weighted by molar-refractivity contribution is -0.163. The van der Waals surface area contributed by atoms with Gasteiger partial charge in [0.05, 0.1) is 6.61 Å². The number of carboxylic acid groups (broad SMARTS) is 1. The number of hydrogen-bond donors (Lipinski definition) is 1. The first kappa shape index (κ1) is 35.2. The molecule has 1 aromatic carbocycles. The maximum absolute atomic E-state index is 12.8. The second-order valence-electron chi connectivity index (χ2n) is 12.6. The van der Waals surface area contributed by atoms with Gasteiger partial charge in [0.15, 0.2) is 11.6 Å². The van der Waals surface area contributed by atoms with Gasteiger partial charge >= 0.3 is 24.1 Å². The average Bonchev–Trinajstić information content (AvgIpc) is 2.89. The lowest BCUT2D eigenvalue weighted by Gasteiger charge is -2.40. The number of carboxylic acids is 1. The van der Waals surface area contributed by atoms with Crippen LogP contribution in [0.15, 0.2) is 30.3 Å². The molecular weight excluding hydrogens is 560 g/mol. The number of esters is 1. The maximum Gasteiger partial charge on any atom is 0.410 e. The molecule has 12 nitrogen and oxygen atoms in total. The SMILES string of the molecule is CC(C)(C)OC(=O)N1CCC(=O)C(C(=O)O)C1.CCOC(=O)C1(Cc2ccccc2)CN(C(=O)OC(C)(C)C)CCC1=O. The Morgan fingerprint density at radius 1 is 0.884 bits per heavy atom. The van der Waals surface area contributed by atoms with Gasteiger partial charge < -0.3 is 29.1 Å². The van der Waals surface area contributed by atoms with Crippen molar-refractivity contribution in [3.8, 4) is 0 Å². The predicted molar refractivity (Wildman–Crippen MR) is 155 cm³/mol. The number of benzene rings is 1. The molecule has 3 rings (SSSR count). The number of ketones is 2. The van der Waals surface area contributed by atoms with E-state index < -0.39 is 46.7 Å². The molecule has 2 aliphatic rings. The summed E-state index contributed by atoms with van der Waals surface area (Å²) in [6.07, 6.45) is -0.727. The first-order valence-electron chi connectivity index (χ1n) is 14.3. The van der Waals surface area contributed by atoms with E-state index in [1.807, 2.05) is 30.3 Å². The highest BCUT2D eigenvalue weighted by Crippen LogP contribution is 2.33. The minimum absolute atomic E-state index is 0.0333. The van der Waals surface area contributed by atoms with Crippen LogP contribution >= 0.6 is 0 Å². The Morgan fingerprint density at radius 2 is 1.42 bits per heavy atom. The van der Waals surface area contributed by atoms with Crippen LogP contribution in [0.1, 0.15) is 66.9 Å². The highest BCUT2D eigenvalue weighted by molar-refractivity contribution is 6.05. The van der Waals surface area contributed by atoms with Crippen LogP contribution in [0, 0.1) is 11.3 Å². The van der Waals surface area contributed by atoms with Crippen molar-refractivity contribution in [2.24, 2.45) is 11.3 Å². The highest BCUT2D eigenvalue weighted by Gasteiger charge is 2.51. The first-order chi connectivity index (χ1) is 19.9. The molecule has 0 aromatic heterocycles. The summed E-state index contributed by atoms with van der Waals surface area (Å²) >= 11 is 0. The summed E-state index contributed by atoms with van der Waals surface area (Å²) in [6, 6.07) is 9.30. The second-order valence-corrected chi connectivity index (χ2v) is 12.6. The van der Waals surface area contributed by atoms with Crippen molar-refractivity contribution in [2.45, 2.75) is 78.9 Å². The van der Waals surface area contributed by atoms with E-state index in [0.29, 0.717) is 0 Å². The lowest BCUT2D eigenvalue weighted by atomic mass is 9.74. The van der Waals surface area contributed by atoms with Gasteiger partial charge in [0, 0.05) is 39.0 Å². The molecule has 2 atom stereocenters. The molecule has 1 aromatic rings. The number of carbonyl (C=O) groups excluding carboxylic acids is 5. The van der Waals surface area contributed by atoms with E-state index >= 15 is 0 Å². The Labute approximate surface area is 252 Å². The van der Waals surface area contributed by atoms with E-state index in [4.69, 9.17) is 19.3 Å². The van der Waals surface area contributed by atoms with Crippen molar-refractivity contribution >= 4 is 35.7 Å². The van der Waals surface area contributed by atoms with Gasteiger partial charge in [0.1, 0.15) is 22.5 Å². The van der Waals surface area contributed by atoms with Crippen molar-refractivity contribution < 1.29 is 48.1 Å². The predicted octanol–water partition coefficient (Wildman–Crippen LogP) is 3.89. The fourth-order valence-corrected chi connectivity index (χ4v) is 4.61. The summed E-state index contributed by atoms with van der Waals surface area (Å²) in [7, 11) is 0. The Bertz CT molecular complexity index is 1190. The van der Waals surface area contributed by atoms with Crippen molar-refractivity contribution in [3.63, 3.8) is 0 Å². The van der Waals surface area contributed by atoms with Gasteiger partial charge in [-0.3, -0.25) is 19.2 Å². The summed E-state index contributed by atoms with van der Waals surface area (Å²) in [5, 5.41) is 8.84. The standard InChI is InChI=1S/C20H27NO5.C11H17NO5/c1-5-25-17(23)20(13-15-9-7-6-8-10-15)14-21(12-11-16(20)22)18(24)26-19(2,3)4;1-11(2,3)17-10(16)12-5-4-8(13)7(6-12)9(14)15/h6-10H,5,11-14H2,1-4H3;7H,4-6H2,1-3H3,(H,14,15). The van der Waals surface area contributed by atoms with Crippen LogP contribution in [-0.4, -0.2) is 94.6 Å². The number of hydrogen-bond acceptors (Lipinski definition) is 9. The molecule has 2 heterocycles. The van der Waals surface area contributed by atoms with Crippen LogP contribution in [-0.2, 0) is 39.8 Å². The Hall–Kier alpha value is -3.96. The number of Topliss-reactive ketones (excluding diaryl/α,β-unsaturated/α-hetero) is 2. The summed E-state index contributed by atoms with van der Waals surface area (Å²) < 4.78 is 15.8. The number of likely N-dealkylation sites (tertiary alicyclic amines) is 2. The number of aliphatic carboxylic acids is 1. The van der Waals surface area contributed by atoms with E-state index in [1.165, 1.54) is 9.80 Å². The highest BCUT2D eigenvalue weighted by atomic mass is 16.6. The van der Waals surface area contributed by atoms with Crippen LogP contribution in [0.25, 0.3) is 0 Å². The molecule has 0 spiro atoms. The van der Waals surface area contributed by atoms with Gasteiger partial charge in [0.25, 0.3) is 0 Å². The number of ether oxygens (including phenoxy) is 3. The summed E-state index contributed by atoms with van der Waals surface area (Å²) in [5.74, 6) is -3.43.